The lowest BCUT2D eigenvalue weighted by atomic mass is 10.1. The lowest BCUT2D eigenvalue weighted by Crippen LogP contribution is -2.41. The average molecular weight is 370 g/mol. The van der Waals surface area contributed by atoms with Gasteiger partial charge in [0.1, 0.15) is 17.6 Å². The Morgan fingerprint density at radius 3 is 2.41 bits per heavy atom. The minimum atomic E-state index is -0.137. The van der Waals surface area contributed by atoms with Gasteiger partial charge in [-0.15, -0.1) is 0 Å². The van der Waals surface area contributed by atoms with Crippen molar-refractivity contribution in [2.24, 2.45) is 0 Å². The van der Waals surface area contributed by atoms with Crippen LogP contribution >= 0.6 is 0 Å². The SMILES string of the molecule is CC#CC(=O)N1CCC(Oc2cc(OC)ccc2C(=O)N2CCCC2)CC1. The largest absolute Gasteiger partial charge is 0.497 e. The highest BCUT2D eigenvalue weighted by Gasteiger charge is 2.27. The van der Waals surface area contributed by atoms with Crippen molar-refractivity contribution in [2.45, 2.75) is 38.7 Å². The van der Waals surface area contributed by atoms with Crippen molar-refractivity contribution >= 4 is 11.8 Å². The van der Waals surface area contributed by atoms with E-state index in [0.717, 1.165) is 25.9 Å². The van der Waals surface area contributed by atoms with E-state index in [1.807, 2.05) is 4.90 Å². The molecule has 0 N–H and O–H groups in total. The summed E-state index contributed by atoms with van der Waals surface area (Å²) in [7, 11) is 1.60. The summed E-state index contributed by atoms with van der Waals surface area (Å²) < 4.78 is 11.5. The van der Waals surface area contributed by atoms with Gasteiger partial charge in [-0.3, -0.25) is 9.59 Å². The second-order valence-electron chi connectivity index (χ2n) is 6.85. The van der Waals surface area contributed by atoms with Crippen LogP contribution in [0.2, 0.25) is 0 Å². The topological polar surface area (TPSA) is 59.1 Å². The van der Waals surface area contributed by atoms with Gasteiger partial charge in [-0.2, -0.15) is 0 Å². The fraction of sp³-hybridized carbons (Fsp3) is 0.524. The van der Waals surface area contributed by atoms with Crippen LogP contribution in [-0.4, -0.2) is 61.0 Å². The van der Waals surface area contributed by atoms with Gasteiger partial charge in [0.05, 0.1) is 12.7 Å². The Hall–Kier alpha value is -2.68. The number of benzene rings is 1. The van der Waals surface area contributed by atoms with Crippen LogP contribution in [0, 0.1) is 11.8 Å². The Balaban J connectivity index is 1.71. The van der Waals surface area contributed by atoms with E-state index in [1.54, 1.807) is 37.1 Å². The molecule has 6 nitrogen and oxygen atoms in total. The van der Waals surface area contributed by atoms with Crippen LogP contribution in [0.25, 0.3) is 0 Å². The Morgan fingerprint density at radius 1 is 1.07 bits per heavy atom. The van der Waals surface area contributed by atoms with Gasteiger partial charge in [0, 0.05) is 45.1 Å². The molecule has 0 aliphatic carbocycles. The minimum Gasteiger partial charge on any atom is -0.497 e. The highest BCUT2D eigenvalue weighted by Crippen LogP contribution is 2.29. The van der Waals surface area contributed by atoms with Crippen LogP contribution in [0.5, 0.6) is 11.5 Å². The zero-order valence-corrected chi connectivity index (χ0v) is 16.0. The summed E-state index contributed by atoms with van der Waals surface area (Å²) in [4.78, 5) is 28.4. The van der Waals surface area contributed by atoms with Gasteiger partial charge < -0.3 is 19.3 Å². The van der Waals surface area contributed by atoms with Gasteiger partial charge >= 0.3 is 0 Å². The number of rotatable bonds is 4. The van der Waals surface area contributed by atoms with E-state index in [9.17, 15) is 9.59 Å². The van der Waals surface area contributed by atoms with E-state index in [-0.39, 0.29) is 17.9 Å². The second-order valence-corrected chi connectivity index (χ2v) is 6.85. The lowest BCUT2D eigenvalue weighted by molar-refractivity contribution is -0.126. The van der Waals surface area contributed by atoms with Gasteiger partial charge in [0.25, 0.3) is 11.8 Å². The molecule has 144 valence electrons. The van der Waals surface area contributed by atoms with Crippen molar-refractivity contribution in [1.29, 1.82) is 0 Å². The molecule has 0 aromatic heterocycles. The summed E-state index contributed by atoms with van der Waals surface area (Å²) in [5.74, 6) is 6.32. The number of methoxy groups -OCH3 is 1. The van der Waals surface area contributed by atoms with Crippen molar-refractivity contribution in [3.8, 4) is 23.3 Å². The van der Waals surface area contributed by atoms with Gasteiger partial charge in [-0.25, -0.2) is 0 Å². The van der Waals surface area contributed by atoms with Crippen LogP contribution in [0.4, 0.5) is 0 Å². The molecule has 6 heteroatoms. The molecule has 0 bridgehead atoms. The molecule has 2 aliphatic heterocycles. The highest BCUT2D eigenvalue weighted by molar-refractivity contribution is 5.97. The first-order valence-electron chi connectivity index (χ1n) is 9.48. The molecule has 2 heterocycles. The first-order chi connectivity index (χ1) is 13.1. The molecule has 2 aliphatic rings. The van der Waals surface area contributed by atoms with Gasteiger partial charge in [0.2, 0.25) is 0 Å². The van der Waals surface area contributed by atoms with Crippen LogP contribution in [-0.2, 0) is 4.79 Å². The molecule has 3 rings (SSSR count). The monoisotopic (exact) mass is 370 g/mol. The van der Waals surface area contributed by atoms with E-state index in [4.69, 9.17) is 9.47 Å². The van der Waals surface area contributed by atoms with Crippen LogP contribution in [0.3, 0.4) is 0 Å². The molecule has 0 saturated carbocycles. The average Bonchev–Trinajstić information content (AvgIpc) is 3.23. The Morgan fingerprint density at radius 2 is 1.78 bits per heavy atom. The van der Waals surface area contributed by atoms with E-state index < -0.39 is 0 Å². The summed E-state index contributed by atoms with van der Waals surface area (Å²) in [5.41, 5.74) is 0.577. The van der Waals surface area contributed by atoms with Crippen molar-refractivity contribution in [1.82, 2.24) is 9.80 Å². The lowest BCUT2D eigenvalue weighted by Gasteiger charge is -2.31. The predicted molar refractivity (Wildman–Crippen MR) is 102 cm³/mol. The summed E-state index contributed by atoms with van der Waals surface area (Å²) in [6.45, 7) is 4.47. The maximum absolute atomic E-state index is 12.9. The number of carbonyl (C=O) groups excluding carboxylic acids is 2. The first-order valence-corrected chi connectivity index (χ1v) is 9.48. The number of amides is 2. The van der Waals surface area contributed by atoms with E-state index in [0.29, 0.717) is 43.0 Å². The number of hydrogen-bond acceptors (Lipinski definition) is 4. The number of hydrogen-bond donors (Lipinski definition) is 0. The molecular weight excluding hydrogens is 344 g/mol. The predicted octanol–water partition coefficient (Wildman–Crippen LogP) is 2.32. The third kappa shape index (κ3) is 4.54. The second kappa shape index (κ2) is 8.81. The Labute approximate surface area is 160 Å². The Bertz CT molecular complexity index is 751. The van der Waals surface area contributed by atoms with Crippen molar-refractivity contribution in [2.75, 3.05) is 33.3 Å². The fourth-order valence-corrected chi connectivity index (χ4v) is 3.54. The highest BCUT2D eigenvalue weighted by atomic mass is 16.5. The van der Waals surface area contributed by atoms with E-state index >= 15 is 0 Å². The Kier molecular flexibility index (Phi) is 6.23. The quantitative estimate of drug-likeness (QED) is 0.764. The molecule has 2 fully saturated rings. The number of piperidine rings is 1. The number of carbonyl (C=O) groups is 2. The maximum atomic E-state index is 12.9. The maximum Gasteiger partial charge on any atom is 0.298 e. The number of nitrogens with zero attached hydrogens (tertiary/aromatic N) is 2. The summed E-state index contributed by atoms with van der Waals surface area (Å²) >= 11 is 0. The zero-order chi connectivity index (χ0) is 19.2. The molecule has 0 unspecified atom stereocenters. The summed E-state index contributed by atoms with van der Waals surface area (Å²) in [5, 5.41) is 0. The fourth-order valence-electron chi connectivity index (χ4n) is 3.54. The molecule has 1 aromatic carbocycles. The summed E-state index contributed by atoms with van der Waals surface area (Å²) in [6.07, 6.45) is 3.48. The van der Waals surface area contributed by atoms with Crippen molar-refractivity contribution < 1.29 is 19.1 Å². The standard InChI is InChI=1S/C21H26N2O4/c1-3-6-20(24)22-13-9-16(10-14-22)27-19-15-17(26-2)7-8-18(19)21(25)23-11-4-5-12-23/h7-8,15-16H,4-5,9-14H2,1-2H3. The van der Waals surface area contributed by atoms with Crippen LogP contribution < -0.4 is 9.47 Å². The summed E-state index contributed by atoms with van der Waals surface area (Å²) in [6, 6.07) is 5.36. The zero-order valence-electron chi connectivity index (χ0n) is 16.0. The van der Waals surface area contributed by atoms with Gasteiger partial charge in [0.15, 0.2) is 0 Å². The van der Waals surface area contributed by atoms with Gasteiger partial charge in [-0.1, -0.05) is 5.92 Å². The molecule has 2 amide bonds. The molecule has 0 radical (unpaired) electrons. The van der Waals surface area contributed by atoms with Crippen LogP contribution in [0.15, 0.2) is 18.2 Å². The molecule has 0 spiro atoms. The van der Waals surface area contributed by atoms with Crippen molar-refractivity contribution in [3.05, 3.63) is 23.8 Å². The minimum absolute atomic E-state index is 0.0102. The normalized spacial score (nSPS) is 17.3. The molecule has 2 saturated heterocycles. The van der Waals surface area contributed by atoms with E-state index in [2.05, 4.69) is 11.8 Å². The third-order valence-electron chi connectivity index (χ3n) is 5.07. The molecule has 1 aromatic rings. The third-order valence-corrected chi connectivity index (χ3v) is 5.07. The van der Waals surface area contributed by atoms with E-state index in [1.165, 1.54) is 0 Å². The van der Waals surface area contributed by atoms with Crippen LogP contribution in [0.1, 0.15) is 43.0 Å². The smallest absolute Gasteiger partial charge is 0.298 e. The number of likely N-dealkylation sites (tertiary alicyclic amines) is 2. The number of ether oxygens (including phenoxy) is 2. The molecule has 0 atom stereocenters. The van der Waals surface area contributed by atoms with Gasteiger partial charge in [-0.05, 0) is 37.8 Å². The molecule has 27 heavy (non-hydrogen) atoms. The van der Waals surface area contributed by atoms with Crippen molar-refractivity contribution in [3.63, 3.8) is 0 Å². The molecular formula is C21H26N2O4. The first kappa shape index (κ1) is 19.1.